The number of aromatic nitrogens is 3. The molecule has 2 aromatic heterocycles. The van der Waals surface area contributed by atoms with Crippen molar-refractivity contribution >= 4 is 29.1 Å². The zero-order valence-corrected chi connectivity index (χ0v) is 21.4. The van der Waals surface area contributed by atoms with Crippen molar-refractivity contribution in [1.82, 2.24) is 14.8 Å². The van der Waals surface area contributed by atoms with Crippen LogP contribution in [0.3, 0.4) is 0 Å². The van der Waals surface area contributed by atoms with Crippen LogP contribution in [-0.4, -0.2) is 38.6 Å². The Morgan fingerprint density at radius 2 is 1.88 bits per heavy atom. The number of hydrogen-bond donors (Lipinski definition) is 1. The minimum atomic E-state index is -0.572. The Kier molecular flexibility index (Phi) is 6.55. The van der Waals surface area contributed by atoms with Gasteiger partial charge in [-0.05, 0) is 52.7 Å². The summed E-state index contributed by atoms with van der Waals surface area (Å²) in [4.78, 5) is 19.2. The highest BCUT2D eigenvalue weighted by atomic mass is 32.1. The topological polar surface area (TPSA) is 95.4 Å². The molecule has 4 rings (SSSR count). The molecule has 1 atom stereocenters. The van der Waals surface area contributed by atoms with Crippen LogP contribution in [0.25, 0.3) is 11.1 Å². The molecule has 0 radical (unpaired) electrons. The van der Waals surface area contributed by atoms with Crippen molar-refractivity contribution in [2.45, 2.75) is 59.6 Å². The number of nitrogens with two attached hydrogens (primary N) is 1. The third kappa shape index (κ3) is 4.74. The molecule has 1 unspecified atom stereocenters. The van der Waals surface area contributed by atoms with Gasteiger partial charge in [-0.3, -0.25) is 14.4 Å². The number of carbonyl (C=O) groups excluding carboxylic acids is 1. The maximum absolute atomic E-state index is 12.8. The Labute approximate surface area is 204 Å². The molecule has 2 N–H and O–H groups in total. The molecule has 0 saturated heterocycles. The largest absolute Gasteiger partial charge is 0.460 e. The molecule has 0 fully saturated rings. The zero-order chi connectivity index (χ0) is 24.6. The second kappa shape index (κ2) is 9.27. The Balaban J connectivity index is 1.87. The summed E-state index contributed by atoms with van der Waals surface area (Å²) in [5.41, 5.74) is 10.2. The van der Waals surface area contributed by atoms with Gasteiger partial charge in [0, 0.05) is 22.5 Å². The molecule has 1 aliphatic heterocycles. The molecule has 178 valence electrons. The van der Waals surface area contributed by atoms with Crippen LogP contribution >= 0.6 is 11.3 Å². The summed E-state index contributed by atoms with van der Waals surface area (Å²) in [6.45, 7) is 12.3. The van der Waals surface area contributed by atoms with E-state index < -0.39 is 11.6 Å². The average Bonchev–Trinajstić information content (AvgIpc) is 3.24. The lowest BCUT2D eigenvalue weighted by Crippen LogP contribution is -2.25. The van der Waals surface area contributed by atoms with E-state index in [0.717, 1.165) is 33.2 Å². The van der Waals surface area contributed by atoms with Gasteiger partial charge in [0.05, 0.1) is 12.1 Å². The third-order valence-electron chi connectivity index (χ3n) is 5.65. The van der Waals surface area contributed by atoms with E-state index in [1.54, 1.807) is 11.3 Å². The fourth-order valence-corrected chi connectivity index (χ4v) is 5.24. The molecular weight excluding hydrogens is 446 g/mol. The highest BCUT2D eigenvalue weighted by molar-refractivity contribution is 7.15. The van der Waals surface area contributed by atoms with Gasteiger partial charge in [-0.2, -0.15) is 0 Å². The molecular formula is C26H31N5O2S. The van der Waals surface area contributed by atoms with E-state index in [2.05, 4.69) is 48.3 Å². The van der Waals surface area contributed by atoms with Crippen LogP contribution in [0.4, 0.5) is 0 Å². The maximum Gasteiger partial charge on any atom is 0.308 e. The van der Waals surface area contributed by atoms with Crippen molar-refractivity contribution in [3.05, 3.63) is 69.1 Å². The van der Waals surface area contributed by atoms with Crippen molar-refractivity contribution in [1.29, 1.82) is 0 Å². The highest BCUT2D eigenvalue weighted by Gasteiger charge is 2.33. The van der Waals surface area contributed by atoms with Gasteiger partial charge < -0.3 is 10.5 Å². The fourth-order valence-electron chi connectivity index (χ4n) is 4.02. The van der Waals surface area contributed by atoms with Crippen LogP contribution in [0, 0.1) is 20.8 Å². The Morgan fingerprint density at radius 3 is 2.53 bits per heavy atom. The minimum absolute atomic E-state index is 0.0865. The van der Waals surface area contributed by atoms with Gasteiger partial charge in [0.1, 0.15) is 22.5 Å². The van der Waals surface area contributed by atoms with Gasteiger partial charge in [0.15, 0.2) is 5.82 Å². The van der Waals surface area contributed by atoms with Crippen molar-refractivity contribution in [3.8, 4) is 5.00 Å². The van der Waals surface area contributed by atoms with Crippen LogP contribution < -0.4 is 5.73 Å². The number of aryl methyl sites for hydroxylation is 2. The Morgan fingerprint density at radius 1 is 1.18 bits per heavy atom. The number of thiophene rings is 1. The van der Waals surface area contributed by atoms with E-state index >= 15 is 0 Å². The number of aliphatic imine (C=N–C) groups is 1. The van der Waals surface area contributed by atoms with Gasteiger partial charge in [-0.1, -0.05) is 36.4 Å². The number of benzene rings is 1. The summed E-state index contributed by atoms with van der Waals surface area (Å²) < 4.78 is 7.66. The van der Waals surface area contributed by atoms with E-state index in [0.29, 0.717) is 12.4 Å². The Hall–Kier alpha value is -3.10. The van der Waals surface area contributed by atoms with Crippen LogP contribution in [0.5, 0.6) is 0 Å². The second-order valence-electron chi connectivity index (χ2n) is 9.45. The predicted molar refractivity (Wildman–Crippen MR) is 137 cm³/mol. The van der Waals surface area contributed by atoms with Gasteiger partial charge in [-0.25, -0.2) is 0 Å². The van der Waals surface area contributed by atoms with Crippen molar-refractivity contribution in [3.63, 3.8) is 0 Å². The van der Waals surface area contributed by atoms with Crippen molar-refractivity contribution in [2.75, 3.05) is 6.54 Å². The highest BCUT2D eigenvalue weighted by Crippen LogP contribution is 2.39. The molecule has 0 bridgehead atoms. The van der Waals surface area contributed by atoms with E-state index in [4.69, 9.17) is 15.5 Å². The molecule has 34 heavy (non-hydrogen) atoms. The van der Waals surface area contributed by atoms with Crippen LogP contribution in [0.15, 0.2) is 35.3 Å². The first-order valence-corrected chi connectivity index (χ1v) is 12.2. The quantitative estimate of drug-likeness (QED) is 0.530. The van der Waals surface area contributed by atoms with Gasteiger partial charge in [0.25, 0.3) is 0 Å². The number of nitrogens with zero attached hydrogens (tertiary/aromatic N) is 4. The molecule has 0 saturated carbocycles. The summed E-state index contributed by atoms with van der Waals surface area (Å²) in [6, 6.07) is 7.72. The lowest BCUT2D eigenvalue weighted by atomic mass is 9.98. The second-order valence-corrected chi connectivity index (χ2v) is 10.7. The summed E-state index contributed by atoms with van der Waals surface area (Å²) in [5.74, 6) is 1.11. The van der Waals surface area contributed by atoms with Crippen LogP contribution in [0.1, 0.15) is 72.0 Å². The molecule has 1 aliphatic rings. The molecule has 0 aliphatic carbocycles. The third-order valence-corrected chi connectivity index (χ3v) is 6.84. The molecule has 7 nitrogen and oxygen atoms in total. The molecule has 0 spiro atoms. The van der Waals surface area contributed by atoms with E-state index in [1.807, 2.05) is 44.4 Å². The SMILES string of the molecule is Cc1sc2c(c1C)C(c1ccc(/C=C/CN)cc1)=NC(CC(=O)OC(C)(C)C)c1nnc(C)n1-2. The number of fused-ring (bicyclic) bond motifs is 3. The molecule has 0 amide bonds. The molecule has 3 aromatic rings. The first kappa shape index (κ1) is 24.0. The average molecular weight is 478 g/mol. The Bertz CT molecular complexity index is 1280. The summed E-state index contributed by atoms with van der Waals surface area (Å²) in [7, 11) is 0. The predicted octanol–water partition coefficient (Wildman–Crippen LogP) is 4.85. The van der Waals surface area contributed by atoms with Crippen molar-refractivity contribution < 1.29 is 9.53 Å². The first-order chi connectivity index (χ1) is 16.1. The number of rotatable bonds is 5. The van der Waals surface area contributed by atoms with Crippen molar-refractivity contribution in [2.24, 2.45) is 10.7 Å². The molecule has 8 heteroatoms. The van der Waals surface area contributed by atoms with E-state index in [-0.39, 0.29) is 12.4 Å². The number of ether oxygens (including phenoxy) is 1. The monoisotopic (exact) mass is 477 g/mol. The normalized spacial score (nSPS) is 15.6. The maximum atomic E-state index is 12.8. The first-order valence-electron chi connectivity index (χ1n) is 11.4. The molecule has 1 aromatic carbocycles. The summed E-state index contributed by atoms with van der Waals surface area (Å²) >= 11 is 1.70. The zero-order valence-electron chi connectivity index (χ0n) is 20.5. The van der Waals surface area contributed by atoms with Gasteiger partial charge in [-0.15, -0.1) is 21.5 Å². The summed E-state index contributed by atoms with van der Waals surface area (Å²) in [5, 5.41) is 9.81. The lowest BCUT2D eigenvalue weighted by molar-refractivity contribution is -0.155. The van der Waals surface area contributed by atoms with E-state index in [1.165, 1.54) is 10.4 Å². The summed E-state index contributed by atoms with van der Waals surface area (Å²) in [6.07, 6.45) is 4.01. The molecule has 3 heterocycles. The number of hydrogen-bond acceptors (Lipinski definition) is 7. The standard InChI is InChI=1S/C26H31N5O2S/c1-15-16(2)34-25-22(15)23(19-11-9-18(10-12-19)8-7-13-27)28-20(14-21(32)33-26(4,5)6)24-30-29-17(3)31(24)25/h7-12,20H,13-14,27H2,1-6H3/b8-7+. The van der Waals surface area contributed by atoms with Gasteiger partial charge >= 0.3 is 5.97 Å². The van der Waals surface area contributed by atoms with Crippen LogP contribution in [0.2, 0.25) is 0 Å². The fraction of sp³-hybridized carbons (Fsp3) is 0.385. The smallest absolute Gasteiger partial charge is 0.308 e. The lowest BCUT2D eigenvalue weighted by Gasteiger charge is -2.21. The minimum Gasteiger partial charge on any atom is -0.460 e. The van der Waals surface area contributed by atoms with Gasteiger partial charge in [0.2, 0.25) is 0 Å². The number of carbonyl (C=O) groups is 1. The van der Waals surface area contributed by atoms with E-state index in [9.17, 15) is 4.79 Å². The van der Waals surface area contributed by atoms with Crippen LogP contribution in [-0.2, 0) is 9.53 Å². The number of esters is 1.